The zero-order valence-electron chi connectivity index (χ0n) is 17.0. The van der Waals surface area contributed by atoms with Crippen LogP contribution in [0.2, 0.25) is 0 Å². The van der Waals surface area contributed by atoms with E-state index >= 15 is 0 Å². The minimum absolute atomic E-state index is 0.428. The van der Waals surface area contributed by atoms with E-state index in [0.717, 1.165) is 50.9 Å². The molecule has 0 amide bonds. The van der Waals surface area contributed by atoms with Gasteiger partial charge in [0.05, 0.1) is 12.4 Å². The Hall–Kier alpha value is -2.57. The normalized spacial score (nSPS) is 23.3. The average Bonchev–Trinajstić information content (AvgIpc) is 3.44. The van der Waals surface area contributed by atoms with Gasteiger partial charge in [-0.1, -0.05) is 6.92 Å². The predicted molar refractivity (Wildman–Crippen MR) is 113 cm³/mol. The van der Waals surface area contributed by atoms with Gasteiger partial charge in [-0.2, -0.15) is 0 Å². The van der Waals surface area contributed by atoms with Crippen molar-refractivity contribution in [1.82, 2.24) is 24.8 Å². The first-order chi connectivity index (χ1) is 13.7. The summed E-state index contributed by atoms with van der Waals surface area (Å²) in [4.78, 5) is 18.1. The Bertz CT molecular complexity index is 780. The lowest BCUT2D eigenvalue weighted by Gasteiger charge is -2.39. The van der Waals surface area contributed by atoms with Gasteiger partial charge in [0.15, 0.2) is 5.96 Å². The molecule has 2 aromatic rings. The van der Waals surface area contributed by atoms with Crippen molar-refractivity contribution in [2.24, 2.45) is 10.9 Å². The third-order valence-electron chi connectivity index (χ3n) is 6.03. The molecule has 0 saturated carbocycles. The monoisotopic (exact) mass is 381 g/mol. The van der Waals surface area contributed by atoms with Crippen LogP contribution in [0.3, 0.4) is 0 Å². The number of pyridine rings is 1. The SMILES string of the molecule is CN=C(NCc1ccnc(N2CCCC2)c1)N1CCC(C)C(n2ccnc2)C1. The molecule has 0 aliphatic carbocycles. The molecule has 0 bridgehead atoms. The summed E-state index contributed by atoms with van der Waals surface area (Å²) in [5, 5.41) is 3.56. The molecule has 4 heterocycles. The van der Waals surface area contributed by atoms with Crippen LogP contribution in [0.5, 0.6) is 0 Å². The number of rotatable bonds is 4. The number of nitrogens with one attached hydrogen (secondary N) is 1. The Morgan fingerprint density at radius 1 is 1.25 bits per heavy atom. The number of likely N-dealkylation sites (tertiary alicyclic amines) is 1. The van der Waals surface area contributed by atoms with E-state index in [1.54, 1.807) is 0 Å². The van der Waals surface area contributed by atoms with E-state index in [1.165, 1.54) is 18.4 Å². The molecule has 7 heteroatoms. The quantitative estimate of drug-likeness (QED) is 0.651. The van der Waals surface area contributed by atoms with E-state index in [0.29, 0.717) is 12.0 Å². The molecule has 28 heavy (non-hydrogen) atoms. The highest BCUT2D eigenvalue weighted by molar-refractivity contribution is 5.80. The highest BCUT2D eigenvalue weighted by atomic mass is 15.3. The molecule has 1 N–H and O–H groups in total. The minimum atomic E-state index is 0.428. The molecular formula is C21H31N7. The summed E-state index contributed by atoms with van der Waals surface area (Å²) in [7, 11) is 1.87. The van der Waals surface area contributed by atoms with Crippen LogP contribution in [0.25, 0.3) is 0 Å². The van der Waals surface area contributed by atoms with Crippen LogP contribution in [0, 0.1) is 5.92 Å². The first-order valence-electron chi connectivity index (χ1n) is 10.4. The lowest BCUT2D eigenvalue weighted by atomic mass is 9.93. The van der Waals surface area contributed by atoms with Crippen molar-refractivity contribution in [3.8, 4) is 0 Å². The summed E-state index contributed by atoms with van der Waals surface area (Å²) in [6.07, 6.45) is 11.5. The van der Waals surface area contributed by atoms with Gasteiger partial charge in [0.25, 0.3) is 0 Å². The Balaban J connectivity index is 1.39. The summed E-state index contributed by atoms with van der Waals surface area (Å²) in [5.41, 5.74) is 1.24. The summed E-state index contributed by atoms with van der Waals surface area (Å²) in [6.45, 7) is 7.31. The molecule has 150 valence electrons. The maximum Gasteiger partial charge on any atom is 0.193 e. The topological polar surface area (TPSA) is 61.6 Å². The van der Waals surface area contributed by atoms with E-state index < -0.39 is 0 Å². The van der Waals surface area contributed by atoms with E-state index in [1.807, 2.05) is 25.8 Å². The second-order valence-corrected chi connectivity index (χ2v) is 7.91. The van der Waals surface area contributed by atoms with E-state index in [2.05, 4.69) is 59.9 Å². The second kappa shape index (κ2) is 8.63. The molecule has 0 aromatic carbocycles. The van der Waals surface area contributed by atoms with Gasteiger partial charge in [0.2, 0.25) is 0 Å². The van der Waals surface area contributed by atoms with Crippen LogP contribution in [0.4, 0.5) is 5.82 Å². The van der Waals surface area contributed by atoms with Crippen LogP contribution in [0.15, 0.2) is 42.0 Å². The maximum absolute atomic E-state index is 4.55. The lowest BCUT2D eigenvalue weighted by molar-refractivity contribution is 0.189. The lowest BCUT2D eigenvalue weighted by Crippen LogP contribution is -2.48. The minimum Gasteiger partial charge on any atom is -0.357 e. The zero-order valence-corrected chi connectivity index (χ0v) is 17.0. The first-order valence-corrected chi connectivity index (χ1v) is 10.4. The predicted octanol–water partition coefficient (Wildman–Crippen LogP) is 2.54. The average molecular weight is 382 g/mol. The first kappa shape index (κ1) is 18.8. The molecule has 0 spiro atoms. The Morgan fingerprint density at radius 3 is 2.86 bits per heavy atom. The number of aromatic nitrogens is 3. The van der Waals surface area contributed by atoms with Crippen LogP contribution < -0.4 is 10.2 Å². The number of anilines is 1. The summed E-state index contributed by atoms with van der Waals surface area (Å²) in [6, 6.07) is 4.72. The Morgan fingerprint density at radius 2 is 2.11 bits per heavy atom. The molecule has 7 nitrogen and oxygen atoms in total. The smallest absolute Gasteiger partial charge is 0.193 e. The molecular weight excluding hydrogens is 350 g/mol. The van der Waals surface area contributed by atoms with Crippen LogP contribution >= 0.6 is 0 Å². The number of hydrogen-bond donors (Lipinski definition) is 1. The highest BCUT2D eigenvalue weighted by Crippen LogP contribution is 2.27. The summed E-state index contributed by atoms with van der Waals surface area (Å²) < 4.78 is 2.23. The molecule has 2 unspecified atom stereocenters. The van der Waals surface area contributed by atoms with Gasteiger partial charge < -0.3 is 19.7 Å². The number of aliphatic imine (C=N–C) groups is 1. The molecule has 0 radical (unpaired) electrons. The van der Waals surface area contributed by atoms with Gasteiger partial charge in [-0.05, 0) is 42.9 Å². The fourth-order valence-corrected chi connectivity index (χ4v) is 4.30. The Labute approximate surface area is 167 Å². The number of imidazole rings is 1. The number of hydrogen-bond acceptors (Lipinski definition) is 4. The molecule has 2 aliphatic rings. The molecule has 2 saturated heterocycles. The van der Waals surface area contributed by atoms with E-state index in [-0.39, 0.29) is 0 Å². The molecule has 2 fully saturated rings. The van der Waals surface area contributed by atoms with Crippen molar-refractivity contribution in [1.29, 1.82) is 0 Å². The van der Waals surface area contributed by atoms with Gasteiger partial charge >= 0.3 is 0 Å². The highest BCUT2D eigenvalue weighted by Gasteiger charge is 2.28. The Kier molecular flexibility index (Phi) is 5.78. The number of nitrogens with zero attached hydrogens (tertiary/aromatic N) is 6. The molecule has 2 aromatic heterocycles. The number of guanidine groups is 1. The van der Waals surface area contributed by atoms with Gasteiger partial charge in [-0.25, -0.2) is 9.97 Å². The van der Waals surface area contributed by atoms with Gasteiger partial charge in [0.1, 0.15) is 5.82 Å². The van der Waals surface area contributed by atoms with E-state index in [4.69, 9.17) is 0 Å². The summed E-state index contributed by atoms with van der Waals surface area (Å²) >= 11 is 0. The fourth-order valence-electron chi connectivity index (χ4n) is 4.30. The van der Waals surface area contributed by atoms with Crippen molar-refractivity contribution >= 4 is 11.8 Å². The zero-order chi connectivity index (χ0) is 19.3. The van der Waals surface area contributed by atoms with Gasteiger partial charge in [0, 0.05) is 58.4 Å². The number of piperidine rings is 1. The van der Waals surface area contributed by atoms with Gasteiger partial charge in [-0.15, -0.1) is 0 Å². The standard InChI is InChI=1S/C21H31N7/c1-17-6-11-27(15-19(17)28-12-8-23-16-28)21(22-2)25-14-18-5-7-24-20(13-18)26-9-3-4-10-26/h5,7-8,12-13,16-17,19H,3-4,6,9-11,14-15H2,1-2H3,(H,22,25). The van der Waals surface area contributed by atoms with Crippen molar-refractivity contribution in [3.05, 3.63) is 42.6 Å². The fraction of sp³-hybridized carbons (Fsp3) is 0.571. The van der Waals surface area contributed by atoms with E-state index in [9.17, 15) is 0 Å². The third kappa shape index (κ3) is 4.13. The van der Waals surface area contributed by atoms with Crippen molar-refractivity contribution in [3.63, 3.8) is 0 Å². The third-order valence-corrected chi connectivity index (χ3v) is 6.03. The van der Waals surface area contributed by atoms with Gasteiger partial charge in [-0.3, -0.25) is 4.99 Å². The molecule has 4 rings (SSSR count). The maximum atomic E-state index is 4.55. The van der Waals surface area contributed by atoms with Crippen LogP contribution in [-0.2, 0) is 6.54 Å². The van der Waals surface area contributed by atoms with Crippen LogP contribution in [0.1, 0.15) is 37.8 Å². The largest absolute Gasteiger partial charge is 0.357 e. The van der Waals surface area contributed by atoms with Crippen molar-refractivity contribution in [2.45, 2.75) is 38.8 Å². The van der Waals surface area contributed by atoms with Crippen molar-refractivity contribution in [2.75, 3.05) is 38.1 Å². The van der Waals surface area contributed by atoms with Crippen molar-refractivity contribution < 1.29 is 0 Å². The molecule has 2 atom stereocenters. The second-order valence-electron chi connectivity index (χ2n) is 7.91. The van der Waals surface area contributed by atoms with Crippen LogP contribution in [-0.4, -0.2) is 58.6 Å². The molecule has 2 aliphatic heterocycles. The summed E-state index contributed by atoms with van der Waals surface area (Å²) in [5.74, 6) is 2.70.